The van der Waals surface area contributed by atoms with Crippen LogP contribution >= 0.6 is 11.3 Å². The third-order valence-electron chi connectivity index (χ3n) is 11.8. The van der Waals surface area contributed by atoms with Gasteiger partial charge in [0.2, 0.25) is 5.60 Å². The molecule has 0 aliphatic carbocycles. The summed E-state index contributed by atoms with van der Waals surface area (Å²) in [5.41, 5.74) is -4.54. The van der Waals surface area contributed by atoms with Gasteiger partial charge in [-0.15, -0.1) is 11.3 Å². The highest BCUT2D eigenvalue weighted by molar-refractivity contribution is 7.10. The van der Waals surface area contributed by atoms with Crippen LogP contribution in [-0.4, -0.2) is 82.0 Å². The summed E-state index contributed by atoms with van der Waals surface area (Å²) in [6.45, 7) is 6.44. The van der Waals surface area contributed by atoms with E-state index in [4.69, 9.17) is 14.2 Å². The van der Waals surface area contributed by atoms with E-state index in [1.165, 1.54) is 4.90 Å². The average molecular weight is 851 g/mol. The molecule has 10 nitrogen and oxygen atoms in total. The number of aromatic nitrogens is 1. The van der Waals surface area contributed by atoms with Crippen molar-refractivity contribution in [3.05, 3.63) is 75.7 Å². The summed E-state index contributed by atoms with van der Waals surface area (Å²) < 4.78 is 102. The molecule has 0 radical (unpaired) electrons. The number of epoxide rings is 1. The van der Waals surface area contributed by atoms with Crippen LogP contribution in [0.25, 0.3) is 0 Å². The number of carbonyl (C=O) groups is 2. The highest BCUT2D eigenvalue weighted by Gasteiger charge is 2.57. The van der Waals surface area contributed by atoms with Crippen LogP contribution < -0.4 is 9.47 Å². The molecular formula is C42H48F6N4O6S. The van der Waals surface area contributed by atoms with Gasteiger partial charge >= 0.3 is 12.4 Å². The van der Waals surface area contributed by atoms with Crippen LogP contribution in [-0.2, 0) is 27.3 Å². The molecule has 1 aromatic carbocycles. The molecule has 3 aliphatic heterocycles. The summed E-state index contributed by atoms with van der Waals surface area (Å²) in [5, 5.41) is 22.4. The lowest BCUT2D eigenvalue weighted by atomic mass is 9.72. The molecule has 5 heterocycles. The largest absolute Gasteiger partial charge is 0.493 e. The van der Waals surface area contributed by atoms with E-state index in [1.54, 1.807) is 25.1 Å². The highest BCUT2D eigenvalue weighted by Crippen LogP contribution is 2.45. The number of nitrogens with zero attached hydrogens (tertiary/aromatic N) is 4. The first kappa shape index (κ1) is 44.2. The van der Waals surface area contributed by atoms with E-state index in [0.717, 1.165) is 34.7 Å². The summed E-state index contributed by atoms with van der Waals surface area (Å²) >= 11 is 0.374. The van der Waals surface area contributed by atoms with E-state index in [9.17, 15) is 41.5 Å². The summed E-state index contributed by atoms with van der Waals surface area (Å²) in [4.78, 5) is 34.6. The monoisotopic (exact) mass is 850 g/mol. The minimum atomic E-state index is -4.92. The van der Waals surface area contributed by atoms with Gasteiger partial charge in [-0.3, -0.25) is 14.6 Å². The van der Waals surface area contributed by atoms with E-state index in [1.807, 2.05) is 19.9 Å². The Bertz CT molecular complexity index is 2000. The molecule has 2 amide bonds. The van der Waals surface area contributed by atoms with Crippen LogP contribution in [0, 0.1) is 23.2 Å². The lowest BCUT2D eigenvalue weighted by Crippen LogP contribution is -2.68. The van der Waals surface area contributed by atoms with E-state index < -0.39 is 63.1 Å². The van der Waals surface area contributed by atoms with Crippen molar-refractivity contribution < 1.29 is 55.2 Å². The van der Waals surface area contributed by atoms with Crippen molar-refractivity contribution in [2.75, 3.05) is 32.8 Å². The predicted octanol–water partition coefficient (Wildman–Crippen LogP) is 8.64. The van der Waals surface area contributed by atoms with Crippen LogP contribution in [0.3, 0.4) is 0 Å². The van der Waals surface area contributed by atoms with Crippen LogP contribution in [0.15, 0.2) is 54.0 Å². The average Bonchev–Trinajstić information content (AvgIpc) is 3.76. The van der Waals surface area contributed by atoms with Crippen molar-refractivity contribution in [1.82, 2.24) is 14.8 Å². The van der Waals surface area contributed by atoms with E-state index in [0.29, 0.717) is 55.1 Å². The van der Waals surface area contributed by atoms with Gasteiger partial charge in [0.25, 0.3) is 11.8 Å². The highest BCUT2D eigenvalue weighted by atomic mass is 32.1. The number of alkyl halides is 6. The van der Waals surface area contributed by atoms with Gasteiger partial charge in [-0.05, 0) is 62.6 Å². The lowest BCUT2D eigenvalue weighted by molar-refractivity contribution is -0.160. The number of ether oxygens (including phenoxy) is 3. The standard InChI is InChI=1S/C42H48F6N4O6S/c1-4-10-33-39(58-28-23-34(59-24-28)42(46,47)48,15-9-19-52(33)36(53)35-31(41(43,44)45)12-7-18-50-35)37(54)51-20-16-38(25-49,17-21-51)30-11-5-6-14-32(30)56-22-8-13-29(27(2)3)40(55)26-57-40/h5-7,11-12,14,18,23-24,27,29,33,55H,4,8-10,13,15-17,19-22,26H2,1-3H3/t29-,33+,39-,40?/m0/s1. The molecule has 3 fully saturated rings. The molecule has 1 N–H and O–H groups in total. The number of hydrogen-bond donors (Lipinski definition) is 1. The van der Waals surface area contributed by atoms with Crippen molar-refractivity contribution in [3.63, 3.8) is 0 Å². The zero-order valence-electron chi connectivity index (χ0n) is 33.1. The van der Waals surface area contributed by atoms with Crippen LogP contribution in [0.5, 0.6) is 11.5 Å². The summed E-state index contributed by atoms with van der Waals surface area (Å²) in [7, 11) is 0. The zero-order valence-corrected chi connectivity index (χ0v) is 33.9. The number of halogens is 6. The number of nitriles is 1. The second-order valence-corrected chi connectivity index (χ2v) is 16.8. The fraction of sp³-hybridized carbons (Fsp3) is 0.571. The molecule has 3 aromatic rings. The van der Waals surface area contributed by atoms with Crippen LogP contribution in [0.1, 0.15) is 98.6 Å². The van der Waals surface area contributed by atoms with Crippen molar-refractivity contribution in [2.24, 2.45) is 11.8 Å². The number of likely N-dealkylation sites (tertiary alicyclic amines) is 2. The Morgan fingerprint density at radius 1 is 1.07 bits per heavy atom. The molecule has 3 saturated heterocycles. The van der Waals surface area contributed by atoms with Gasteiger partial charge in [0.05, 0.1) is 29.7 Å². The van der Waals surface area contributed by atoms with Crippen molar-refractivity contribution in [1.29, 1.82) is 5.26 Å². The number of thiophene rings is 1. The molecule has 0 saturated carbocycles. The van der Waals surface area contributed by atoms with Gasteiger partial charge < -0.3 is 29.1 Å². The summed E-state index contributed by atoms with van der Waals surface area (Å²) in [5.74, 6) is -2.45. The maximum atomic E-state index is 15.1. The van der Waals surface area contributed by atoms with Gasteiger partial charge in [-0.1, -0.05) is 45.4 Å². The first-order valence-electron chi connectivity index (χ1n) is 19.9. The van der Waals surface area contributed by atoms with Gasteiger partial charge in [-0.2, -0.15) is 31.6 Å². The molecule has 6 rings (SSSR count). The first-order chi connectivity index (χ1) is 27.9. The maximum absolute atomic E-state index is 15.1. The molecule has 0 bridgehead atoms. The topological polar surface area (TPSA) is 129 Å². The molecule has 17 heteroatoms. The normalized spacial score (nSPS) is 23.7. The minimum absolute atomic E-state index is 0.0309. The van der Waals surface area contributed by atoms with Crippen molar-refractivity contribution >= 4 is 23.2 Å². The smallest absolute Gasteiger partial charge is 0.425 e. The fourth-order valence-corrected chi connectivity index (χ4v) is 9.39. The van der Waals surface area contributed by atoms with Gasteiger partial charge in [-0.25, -0.2) is 0 Å². The van der Waals surface area contributed by atoms with Gasteiger partial charge in [0, 0.05) is 55.2 Å². The quantitative estimate of drug-likeness (QED) is 0.0971. The van der Waals surface area contributed by atoms with Crippen LogP contribution in [0.2, 0.25) is 0 Å². The Morgan fingerprint density at radius 2 is 1.78 bits per heavy atom. The second-order valence-electron chi connectivity index (χ2n) is 15.9. The Hall–Kier alpha value is -4.40. The lowest BCUT2D eigenvalue weighted by Gasteiger charge is -2.51. The second kappa shape index (κ2) is 17.3. The summed E-state index contributed by atoms with van der Waals surface area (Å²) in [6, 6.07) is 11.0. The Labute approximate surface area is 343 Å². The summed E-state index contributed by atoms with van der Waals surface area (Å²) in [6.07, 6.45) is -6.47. The molecule has 2 aromatic heterocycles. The number of aliphatic hydroxyl groups is 1. The SMILES string of the molecule is CCC[C@H]1N(C(=O)c2ncccc2C(F)(F)F)CCC[C@@]1(Oc1csc(C(F)(F)F)c1)C(=O)N1CCC(C#N)(c2ccccc2OCCC[C@@H](C(C)C)C2(O)CO2)CC1. The van der Waals surface area contributed by atoms with Gasteiger partial charge in [0.1, 0.15) is 28.7 Å². The number of piperidine rings is 2. The molecule has 4 atom stereocenters. The molecule has 0 spiro atoms. The maximum Gasteiger partial charge on any atom is 0.425 e. The number of benzene rings is 1. The third kappa shape index (κ3) is 9.19. The number of rotatable bonds is 14. The number of hydrogen-bond acceptors (Lipinski definition) is 9. The molecule has 59 heavy (non-hydrogen) atoms. The molecule has 3 aliphatic rings. The predicted molar refractivity (Wildman–Crippen MR) is 204 cm³/mol. The Balaban J connectivity index is 1.27. The number of carbonyl (C=O) groups excluding carboxylic acids is 2. The number of para-hydroxylation sites is 1. The van der Waals surface area contributed by atoms with Crippen molar-refractivity contribution in [3.8, 4) is 17.6 Å². The van der Waals surface area contributed by atoms with Crippen LogP contribution in [0.4, 0.5) is 26.3 Å². The molecule has 320 valence electrons. The Morgan fingerprint density at radius 3 is 2.39 bits per heavy atom. The van der Waals surface area contributed by atoms with E-state index in [2.05, 4.69) is 11.1 Å². The zero-order chi connectivity index (χ0) is 42.8. The molecular weight excluding hydrogens is 803 g/mol. The number of amides is 2. The fourth-order valence-electron chi connectivity index (χ4n) is 8.72. The Kier molecular flexibility index (Phi) is 12.9. The third-order valence-corrected chi connectivity index (χ3v) is 12.7. The van der Waals surface area contributed by atoms with E-state index in [-0.39, 0.29) is 69.3 Å². The number of pyridine rings is 1. The first-order valence-corrected chi connectivity index (χ1v) is 20.7. The minimum Gasteiger partial charge on any atom is -0.493 e. The van der Waals surface area contributed by atoms with E-state index >= 15 is 4.79 Å². The van der Waals surface area contributed by atoms with Crippen molar-refractivity contribution in [2.45, 2.75) is 107 Å². The van der Waals surface area contributed by atoms with Gasteiger partial charge in [0.15, 0.2) is 5.79 Å². The molecule has 1 unspecified atom stereocenters.